The molecule has 0 atom stereocenters. The Kier molecular flexibility index (Phi) is 8.19. The minimum atomic E-state index is 0. The van der Waals surface area contributed by atoms with Gasteiger partial charge in [0.2, 0.25) is 23.1 Å². The van der Waals surface area contributed by atoms with Crippen LogP contribution in [0.15, 0.2) is 60.9 Å². The summed E-state index contributed by atoms with van der Waals surface area (Å²) in [4.78, 5) is 43.7. The first-order valence-electron chi connectivity index (χ1n) is 9.36. The number of fused-ring (bicyclic) bond motifs is 2. The van der Waals surface area contributed by atoms with Crippen LogP contribution in [0.25, 0.3) is 21.8 Å². The summed E-state index contributed by atoms with van der Waals surface area (Å²) in [5.41, 5.74) is 3.31. The summed E-state index contributed by atoms with van der Waals surface area (Å²) in [6.45, 7) is 3.04. The van der Waals surface area contributed by atoms with Crippen molar-refractivity contribution in [1.29, 1.82) is 0 Å². The molecule has 6 nitrogen and oxygen atoms in total. The minimum Gasteiger partial charge on any atom is -0.379 e. The van der Waals surface area contributed by atoms with Crippen LogP contribution in [0.1, 0.15) is 25.0 Å². The van der Waals surface area contributed by atoms with Crippen molar-refractivity contribution < 1.29 is 40.9 Å². The molecule has 7 heteroatoms. The number of ketones is 4. The van der Waals surface area contributed by atoms with Gasteiger partial charge in [-0.1, -0.05) is 59.6 Å². The van der Waals surface area contributed by atoms with E-state index in [1.165, 1.54) is 26.7 Å². The first kappa shape index (κ1) is 23.9. The van der Waals surface area contributed by atoms with Crippen LogP contribution >= 0.6 is 0 Å². The molecule has 0 fully saturated rings. The third-order valence-electron chi connectivity index (χ3n) is 4.42. The van der Waals surface area contributed by atoms with Gasteiger partial charge in [-0.25, -0.2) is 0 Å². The number of rotatable bonds is 6. The fourth-order valence-corrected chi connectivity index (χ4v) is 3.12. The molecule has 2 aromatic carbocycles. The van der Waals surface area contributed by atoms with Gasteiger partial charge in [-0.2, -0.15) is 0 Å². The molecule has 0 aliphatic heterocycles. The third kappa shape index (κ3) is 5.84. The molecule has 2 heterocycles. The zero-order valence-corrected chi connectivity index (χ0v) is 18.8. The second kappa shape index (κ2) is 10.6. The molecule has 0 radical (unpaired) electrons. The molecule has 0 unspecified atom stereocenters. The minimum absolute atomic E-state index is 0. The van der Waals surface area contributed by atoms with Gasteiger partial charge in [-0.05, 0) is 36.1 Å². The largest absolute Gasteiger partial charge is 0.379 e. The van der Waals surface area contributed by atoms with E-state index in [9.17, 15) is 9.59 Å². The predicted molar refractivity (Wildman–Crippen MR) is 123 cm³/mol. The van der Waals surface area contributed by atoms with Crippen molar-refractivity contribution in [2.24, 2.45) is 0 Å². The molecule has 4 aromatic rings. The van der Waals surface area contributed by atoms with E-state index in [1.807, 2.05) is 48.5 Å². The number of carbonyl (C=O) groups excluding carboxylic acids is 4. The summed E-state index contributed by atoms with van der Waals surface area (Å²) in [6, 6.07) is 15.4. The van der Waals surface area contributed by atoms with Crippen molar-refractivity contribution >= 4 is 44.9 Å². The van der Waals surface area contributed by atoms with Crippen molar-refractivity contribution in [1.82, 2.24) is 9.97 Å². The molecule has 2 aromatic heterocycles. The summed E-state index contributed by atoms with van der Waals surface area (Å²) in [7, 11) is 0. The van der Waals surface area contributed by atoms with Crippen LogP contribution in [0.5, 0.6) is 0 Å². The van der Waals surface area contributed by atoms with Gasteiger partial charge in [0, 0.05) is 46.6 Å². The SMILES string of the molecule is CC(=[OH+])[CH-]C(=[OH+])c1c[nH]c2ccccc12.CC(=[OH+])[CH-]C(=[OH+])c1c[nH]c2ccccc12.[Ti]. The molecule has 0 aliphatic rings. The van der Waals surface area contributed by atoms with Crippen LogP contribution in [-0.2, 0) is 21.7 Å². The van der Waals surface area contributed by atoms with E-state index >= 15 is 0 Å². The summed E-state index contributed by atoms with van der Waals surface area (Å²) in [5.74, 6) is 0.287. The fraction of sp³-hybridized carbons (Fsp3) is 0.0833. The first-order chi connectivity index (χ1) is 14.4. The third-order valence-corrected chi connectivity index (χ3v) is 4.42. The average Bonchev–Trinajstić information content (AvgIpc) is 3.32. The predicted octanol–water partition coefficient (Wildman–Crippen LogP) is 3.66. The normalized spacial score (nSPS) is 9.87. The van der Waals surface area contributed by atoms with Crippen LogP contribution in [0.2, 0.25) is 0 Å². The van der Waals surface area contributed by atoms with Gasteiger partial charge in [0.25, 0.3) is 0 Å². The Bertz CT molecular complexity index is 1150. The molecular weight excluding hydrogens is 428 g/mol. The van der Waals surface area contributed by atoms with Crippen molar-refractivity contribution in [2.75, 3.05) is 0 Å². The van der Waals surface area contributed by atoms with E-state index in [1.54, 1.807) is 12.4 Å². The van der Waals surface area contributed by atoms with Gasteiger partial charge in [0.1, 0.15) is 0 Å². The smallest absolute Gasteiger partial charge is 0.247 e. The maximum atomic E-state index is 9.74. The van der Waals surface area contributed by atoms with Crippen LogP contribution in [0.4, 0.5) is 0 Å². The molecule has 6 N–H and O–H groups in total. The number of aromatic amines is 2. The van der Waals surface area contributed by atoms with Gasteiger partial charge in [0.15, 0.2) is 0 Å². The first-order valence-corrected chi connectivity index (χ1v) is 9.36. The Labute approximate surface area is 194 Å². The van der Waals surface area contributed by atoms with Crippen molar-refractivity contribution in [3.63, 3.8) is 0 Å². The molecule has 0 amide bonds. The zero-order valence-electron chi connectivity index (χ0n) is 17.2. The maximum Gasteiger partial charge on any atom is 0.247 e. The quantitative estimate of drug-likeness (QED) is 0.146. The number of H-pyrrole nitrogens is 2. The monoisotopic (exact) mass is 452 g/mol. The standard InChI is InChI=1S/2C12H10NO2.Ti/c2*1-8(14)6-12(15)10-7-13-11-5-3-2-4-9(10)11;/h2*2-7,13H,1H3;/q2*-1;/p+4. The number of benzene rings is 2. The van der Waals surface area contributed by atoms with Gasteiger partial charge in [-0.15, -0.1) is 0 Å². The number of para-hydroxylation sites is 2. The van der Waals surface area contributed by atoms with E-state index in [2.05, 4.69) is 9.97 Å². The number of aromatic nitrogens is 2. The van der Waals surface area contributed by atoms with E-state index in [0.29, 0.717) is 11.1 Å². The number of hydrogen-bond donors (Lipinski definition) is 2. The topological polar surface area (TPSA) is 117 Å². The molecule has 0 saturated carbocycles. The maximum absolute atomic E-state index is 9.74. The molecule has 0 saturated heterocycles. The average molecular weight is 452 g/mol. The molecule has 0 aliphatic carbocycles. The molecule has 4 rings (SSSR count). The van der Waals surface area contributed by atoms with E-state index in [-0.39, 0.29) is 44.9 Å². The van der Waals surface area contributed by atoms with Gasteiger partial charge in [-0.3, -0.25) is 9.59 Å². The molecular formula is C24H24N2O4Ti+2. The number of hydrogen-bond acceptors (Lipinski definition) is 0. The van der Waals surface area contributed by atoms with Crippen molar-refractivity contribution in [2.45, 2.75) is 13.8 Å². The molecule has 0 spiro atoms. The van der Waals surface area contributed by atoms with Crippen LogP contribution in [0.3, 0.4) is 0 Å². The fourth-order valence-electron chi connectivity index (χ4n) is 3.12. The summed E-state index contributed by atoms with van der Waals surface area (Å²) >= 11 is 0. The second-order valence-corrected chi connectivity index (χ2v) is 6.84. The Hall–Kier alpha value is -3.35. The van der Waals surface area contributed by atoms with Crippen LogP contribution < -0.4 is 0 Å². The molecule has 31 heavy (non-hydrogen) atoms. The van der Waals surface area contributed by atoms with Crippen LogP contribution in [-0.4, -0.2) is 52.3 Å². The van der Waals surface area contributed by atoms with Gasteiger partial charge >= 0.3 is 0 Å². The van der Waals surface area contributed by atoms with Crippen molar-refractivity contribution in [3.8, 4) is 0 Å². The van der Waals surface area contributed by atoms with E-state index < -0.39 is 0 Å². The van der Waals surface area contributed by atoms with Crippen molar-refractivity contribution in [3.05, 3.63) is 84.9 Å². The Morgan fingerprint density at radius 1 is 0.645 bits per heavy atom. The van der Waals surface area contributed by atoms with Crippen LogP contribution in [0, 0.1) is 12.8 Å². The second-order valence-electron chi connectivity index (χ2n) is 6.84. The van der Waals surface area contributed by atoms with E-state index in [0.717, 1.165) is 21.8 Å². The van der Waals surface area contributed by atoms with E-state index in [4.69, 9.17) is 9.59 Å². The van der Waals surface area contributed by atoms with Gasteiger partial charge in [0.05, 0.1) is 0 Å². The summed E-state index contributed by atoms with van der Waals surface area (Å²) in [5, 5.41) is 1.88. The Morgan fingerprint density at radius 2 is 1.00 bits per heavy atom. The van der Waals surface area contributed by atoms with Gasteiger partial charge < -0.3 is 19.6 Å². The molecule has 156 valence electrons. The zero-order chi connectivity index (χ0) is 21.7. The summed E-state index contributed by atoms with van der Waals surface area (Å²) in [6.07, 6.45) is 6.10. The Morgan fingerprint density at radius 3 is 1.35 bits per heavy atom. The summed E-state index contributed by atoms with van der Waals surface area (Å²) < 4.78 is 0. The number of nitrogens with one attached hydrogen (secondary N) is 2. The molecule has 0 bridgehead atoms. The Balaban J connectivity index is 0.000000213.